The Bertz CT molecular complexity index is 1500. The lowest BCUT2D eigenvalue weighted by molar-refractivity contribution is -0.149. The van der Waals surface area contributed by atoms with Crippen LogP contribution in [0.5, 0.6) is 5.75 Å². The number of aromatic nitrogens is 4. The van der Waals surface area contributed by atoms with Gasteiger partial charge in [-0.2, -0.15) is 15.1 Å². The zero-order valence-corrected chi connectivity index (χ0v) is 25.4. The van der Waals surface area contributed by atoms with Crippen molar-refractivity contribution in [2.24, 2.45) is 0 Å². The second kappa shape index (κ2) is 12.5. The van der Waals surface area contributed by atoms with Crippen LogP contribution in [0.25, 0.3) is 11.2 Å². The third-order valence-electron chi connectivity index (χ3n) is 6.81. The normalized spacial score (nSPS) is 25.9. The molecule has 0 bridgehead atoms. The Labute approximate surface area is 252 Å². The van der Waals surface area contributed by atoms with Crippen molar-refractivity contribution in [3.8, 4) is 5.75 Å². The van der Waals surface area contributed by atoms with Gasteiger partial charge in [0, 0.05) is 6.04 Å². The van der Waals surface area contributed by atoms with Crippen molar-refractivity contribution in [3.05, 3.63) is 36.7 Å². The summed E-state index contributed by atoms with van der Waals surface area (Å²) in [5, 5.41) is 16.9. The lowest BCUT2D eigenvalue weighted by Gasteiger charge is -2.27. The van der Waals surface area contributed by atoms with E-state index in [1.165, 1.54) is 17.8 Å². The van der Waals surface area contributed by atoms with Gasteiger partial charge in [0.05, 0.1) is 19.0 Å². The molecule has 1 aliphatic carbocycles. The first-order valence-corrected chi connectivity index (χ1v) is 15.7. The number of nitrogens with one attached hydrogen (secondary N) is 2. The average molecular weight is 642 g/mol. The Morgan fingerprint density at radius 3 is 2.67 bits per heavy atom. The zero-order chi connectivity index (χ0) is 30.9. The van der Waals surface area contributed by atoms with Crippen LogP contribution in [0.4, 0.5) is 16.2 Å². The molecule has 3 heterocycles. The lowest BCUT2D eigenvalue weighted by atomic mass is 10.0. The molecule has 1 unspecified atom stereocenters. The molecule has 1 aliphatic heterocycles. The van der Waals surface area contributed by atoms with Crippen LogP contribution >= 0.6 is 19.3 Å². The maximum absolute atomic E-state index is 14.6. The van der Waals surface area contributed by atoms with Crippen molar-refractivity contribution < 1.29 is 37.4 Å². The third-order valence-corrected chi connectivity index (χ3v) is 8.96. The molecule has 3 aromatic rings. The highest BCUT2D eigenvalue weighted by atomic mass is 35.5. The van der Waals surface area contributed by atoms with E-state index in [-0.39, 0.29) is 23.4 Å². The SMILES string of the molecule is CC(C)OC(=O)C(C)N[P@@](=O)(OC[C@H]1O[C@@H](n2cnc3c(NC4CC4)nc(N)nc32)[C@@](Cl)(CF)[C@@H]1O)Oc1ccccc1. The lowest BCUT2D eigenvalue weighted by Crippen LogP contribution is -2.44. The number of ether oxygens (including phenoxy) is 2. The summed E-state index contributed by atoms with van der Waals surface area (Å²) in [6.07, 6.45) is -1.37. The maximum Gasteiger partial charge on any atom is 0.459 e. The van der Waals surface area contributed by atoms with Gasteiger partial charge in [0.2, 0.25) is 5.95 Å². The molecule has 2 aliphatic rings. The zero-order valence-electron chi connectivity index (χ0n) is 23.7. The number of rotatable bonds is 13. The molecule has 234 valence electrons. The number of esters is 1. The van der Waals surface area contributed by atoms with Crippen LogP contribution in [-0.2, 0) is 23.4 Å². The van der Waals surface area contributed by atoms with Crippen molar-refractivity contribution in [3.63, 3.8) is 0 Å². The minimum Gasteiger partial charge on any atom is -0.462 e. The van der Waals surface area contributed by atoms with Crippen LogP contribution in [0.3, 0.4) is 0 Å². The van der Waals surface area contributed by atoms with Gasteiger partial charge in [0.1, 0.15) is 35.5 Å². The molecule has 5 rings (SSSR count). The van der Waals surface area contributed by atoms with Crippen LogP contribution < -0.4 is 20.7 Å². The van der Waals surface area contributed by atoms with Crippen molar-refractivity contribution in [2.45, 2.75) is 75.1 Å². The van der Waals surface area contributed by atoms with Gasteiger partial charge in [-0.05, 0) is 45.7 Å². The highest BCUT2D eigenvalue weighted by Crippen LogP contribution is 2.49. The number of nitrogen functional groups attached to an aromatic ring is 1. The molecular formula is C26H34ClFN7O7P. The van der Waals surface area contributed by atoms with E-state index in [4.69, 9.17) is 35.9 Å². The molecule has 0 spiro atoms. The van der Waals surface area contributed by atoms with Gasteiger partial charge in [0.15, 0.2) is 23.2 Å². The number of aliphatic hydroxyl groups is 1. The fraction of sp³-hybridized carbons (Fsp3) is 0.538. The van der Waals surface area contributed by atoms with Gasteiger partial charge in [-0.25, -0.2) is 13.9 Å². The van der Waals surface area contributed by atoms with Crippen LogP contribution in [0.15, 0.2) is 36.7 Å². The number of aliphatic hydroxyl groups excluding tert-OH is 1. The molecule has 2 aromatic heterocycles. The molecule has 5 N–H and O–H groups in total. The van der Waals surface area contributed by atoms with E-state index >= 15 is 0 Å². The van der Waals surface area contributed by atoms with E-state index in [9.17, 15) is 18.9 Å². The topological polar surface area (TPSA) is 185 Å². The van der Waals surface area contributed by atoms with E-state index in [1.807, 2.05) is 0 Å². The van der Waals surface area contributed by atoms with Gasteiger partial charge in [0.25, 0.3) is 0 Å². The smallest absolute Gasteiger partial charge is 0.459 e. The van der Waals surface area contributed by atoms with Crippen molar-refractivity contribution in [2.75, 3.05) is 24.3 Å². The number of para-hydroxylation sites is 1. The first-order chi connectivity index (χ1) is 20.4. The molecule has 0 amide bonds. The second-order valence-electron chi connectivity index (χ2n) is 10.7. The molecule has 1 saturated heterocycles. The summed E-state index contributed by atoms with van der Waals surface area (Å²) in [7, 11) is -4.31. The number of alkyl halides is 2. The van der Waals surface area contributed by atoms with E-state index in [0.717, 1.165) is 12.8 Å². The molecule has 6 atom stereocenters. The first-order valence-electron chi connectivity index (χ1n) is 13.7. The number of hydrogen-bond donors (Lipinski definition) is 4. The number of carbonyl (C=O) groups is 1. The van der Waals surface area contributed by atoms with E-state index in [1.54, 1.807) is 44.2 Å². The van der Waals surface area contributed by atoms with Crippen molar-refractivity contribution in [1.29, 1.82) is 0 Å². The minimum atomic E-state index is -4.31. The number of imidazole rings is 1. The number of halogens is 2. The predicted molar refractivity (Wildman–Crippen MR) is 155 cm³/mol. The summed E-state index contributed by atoms with van der Waals surface area (Å²) in [6, 6.07) is 7.28. The maximum atomic E-state index is 14.6. The molecule has 1 aromatic carbocycles. The second-order valence-corrected chi connectivity index (χ2v) is 13.1. The average Bonchev–Trinajstić information content (AvgIpc) is 3.62. The molecule has 1 saturated carbocycles. The number of carbonyl (C=O) groups excluding carboxylic acids is 1. The van der Waals surface area contributed by atoms with Gasteiger partial charge < -0.3 is 30.2 Å². The Balaban J connectivity index is 1.38. The number of hydrogen-bond acceptors (Lipinski definition) is 12. The number of nitrogens with zero attached hydrogens (tertiary/aromatic N) is 4. The number of fused-ring (bicyclic) bond motifs is 1. The van der Waals surface area contributed by atoms with Gasteiger partial charge in [-0.1, -0.05) is 18.2 Å². The Kier molecular flexibility index (Phi) is 9.12. The van der Waals surface area contributed by atoms with Crippen LogP contribution in [0.1, 0.15) is 39.8 Å². The van der Waals surface area contributed by atoms with Gasteiger partial charge in [-0.15, -0.1) is 11.6 Å². The van der Waals surface area contributed by atoms with E-state index < -0.39 is 62.5 Å². The highest BCUT2D eigenvalue weighted by Gasteiger charge is 2.57. The summed E-state index contributed by atoms with van der Waals surface area (Å²) in [6.45, 7) is 3.01. The minimum absolute atomic E-state index is 0.0496. The summed E-state index contributed by atoms with van der Waals surface area (Å²) in [5.41, 5.74) is 6.52. The monoisotopic (exact) mass is 641 g/mol. The van der Waals surface area contributed by atoms with Crippen LogP contribution in [0, 0.1) is 0 Å². The predicted octanol–water partition coefficient (Wildman–Crippen LogP) is 3.32. The largest absolute Gasteiger partial charge is 0.462 e. The fourth-order valence-corrected chi connectivity index (χ4v) is 6.31. The molecule has 43 heavy (non-hydrogen) atoms. The van der Waals surface area contributed by atoms with E-state index in [2.05, 4.69) is 25.4 Å². The first kappa shape index (κ1) is 31.4. The van der Waals surface area contributed by atoms with Gasteiger partial charge in [-0.3, -0.25) is 13.9 Å². The standard InChI is InChI=1S/C26H34ClFN7O7P/c1-14(2)40-23(37)15(3)34-43(38,42-17-7-5-4-6-8-17)39-11-18-20(36)26(27,12-28)24(41-18)35-13-30-19-21(31-16-9-10-16)32-25(29)33-22(19)35/h4-8,13-16,18,20,24,36H,9-12H2,1-3H3,(H,34,38)(H3,29,31,32,33)/t15?,18-,20-,24-,26-,43-/m1/s1. The van der Waals surface area contributed by atoms with Crippen LogP contribution in [0.2, 0.25) is 0 Å². The third kappa shape index (κ3) is 6.87. The molecule has 14 nitrogen and oxygen atoms in total. The van der Waals surface area contributed by atoms with Gasteiger partial charge >= 0.3 is 13.7 Å². The quantitative estimate of drug-likeness (QED) is 0.121. The molecule has 0 radical (unpaired) electrons. The Morgan fingerprint density at radius 1 is 1.30 bits per heavy atom. The molecular weight excluding hydrogens is 608 g/mol. The Hall–Kier alpha value is -3.07. The molecule has 17 heteroatoms. The fourth-order valence-electron chi connectivity index (χ4n) is 4.51. The summed E-state index contributed by atoms with van der Waals surface area (Å²) in [4.78, 5) is 23.3. The Morgan fingerprint density at radius 2 is 2.02 bits per heavy atom. The van der Waals surface area contributed by atoms with Crippen molar-refractivity contribution in [1.82, 2.24) is 24.6 Å². The van der Waals surface area contributed by atoms with E-state index in [0.29, 0.717) is 11.3 Å². The number of benzene rings is 1. The summed E-state index contributed by atoms with van der Waals surface area (Å²) >= 11 is 6.66. The number of anilines is 2. The number of nitrogens with two attached hydrogens (primary N) is 1. The summed E-state index contributed by atoms with van der Waals surface area (Å²) < 4.78 is 52.3. The molecule has 2 fully saturated rings. The summed E-state index contributed by atoms with van der Waals surface area (Å²) in [5.74, 6) is -0.139. The highest BCUT2D eigenvalue weighted by molar-refractivity contribution is 7.52. The van der Waals surface area contributed by atoms with Crippen LogP contribution in [-0.4, -0.2) is 79.1 Å². The van der Waals surface area contributed by atoms with Crippen molar-refractivity contribution >= 4 is 48.2 Å².